The quantitative estimate of drug-likeness (QED) is 0.176. The number of aromatic nitrogens is 1. The van der Waals surface area contributed by atoms with Crippen molar-refractivity contribution >= 4 is 45.6 Å². The second kappa shape index (κ2) is 12.9. The van der Waals surface area contributed by atoms with Gasteiger partial charge in [-0.1, -0.05) is 35.9 Å². The zero-order valence-electron chi connectivity index (χ0n) is 23.1. The zero-order chi connectivity index (χ0) is 32.4. The molecule has 0 atom stereocenters. The van der Waals surface area contributed by atoms with Gasteiger partial charge in [-0.05, 0) is 61.4 Å². The number of amides is 1. The van der Waals surface area contributed by atoms with E-state index in [9.17, 15) is 35.9 Å². The third-order valence-electron chi connectivity index (χ3n) is 6.56. The molecular formula is C30H24ClF6N3O3S. The highest BCUT2D eigenvalue weighted by atomic mass is 35.5. The van der Waals surface area contributed by atoms with Crippen LogP contribution in [0.1, 0.15) is 43.9 Å². The maximum Gasteiger partial charge on any atom is 0.418 e. The zero-order valence-corrected chi connectivity index (χ0v) is 24.7. The Morgan fingerprint density at radius 1 is 0.955 bits per heavy atom. The summed E-state index contributed by atoms with van der Waals surface area (Å²) in [6, 6.07) is 12.4. The Balaban J connectivity index is 1.78. The maximum absolute atomic E-state index is 14.2. The first-order valence-electron chi connectivity index (χ1n) is 12.9. The Morgan fingerprint density at radius 3 is 2.23 bits per heavy atom. The van der Waals surface area contributed by atoms with Crippen LogP contribution >= 0.6 is 22.9 Å². The lowest BCUT2D eigenvalue weighted by atomic mass is 10.1. The third-order valence-corrected chi connectivity index (χ3v) is 7.96. The number of benzene rings is 3. The Hall–Kier alpha value is -4.10. The molecule has 1 amide bonds. The molecule has 0 aliphatic carbocycles. The fraction of sp³-hybridized carbons (Fsp3) is 0.233. The number of carboxylic acid groups (broad SMARTS) is 1. The molecular weight excluding hydrogens is 632 g/mol. The number of aryl methyl sites for hydroxylation is 2. The van der Waals surface area contributed by atoms with Gasteiger partial charge in [0.05, 0.1) is 35.5 Å². The Bertz CT molecular complexity index is 1690. The van der Waals surface area contributed by atoms with Gasteiger partial charge in [-0.2, -0.15) is 26.3 Å². The summed E-state index contributed by atoms with van der Waals surface area (Å²) in [5.74, 6) is -1.64. The van der Waals surface area contributed by atoms with E-state index in [1.807, 2.05) is 0 Å². The van der Waals surface area contributed by atoms with E-state index in [2.05, 4.69) is 10.3 Å². The summed E-state index contributed by atoms with van der Waals surface area (Å²) in [4.78, 5) is 29.4. The van der Waals surface area contributed by atoms with Crippen LogP contribution in [0.4, 0.5) is 37.2 Å². The van der Waals surface area contributed by atoms with Gasteiger partial charge in [-0.3, -0.25) is 9.59 Å². The molecule has 4 aromatic rings. The summed E-state index contributed by atoms with van der Waals surface area (Å²) in [5.41, 5.74) is -1.00. The van der Waals surface area contributed by atoms with Gasteiger partial charge in [0, 0.05) is 27.6 Å². The summed E-state index contributed by atoms with van der Waals surface area (Å²) in [7, 11) is 0. The highest BCUT2D eigenvalue weighted by molar-refractivity contribution is 7.16. The smallest absolute Gasteiger partial charge is 0.418 e. The number of alkyl halides is 6. The van der Waals surface area contributed by atoms with E-state index in [0.29, 0.717) is 32.8 Å². The molecule has 44 heavy (non-hydrogen) atoms. The van der Waals surface area contributed by atoms with Gasteiger partial charge in [0.25, 0.3) is 5.91 Å². The van der Waals surface area contributed by atoms with Gasteiger partial charge in [0.1, 0.15) is 0 Å². The lowest BCUT2D eigenvalue weighted by Crippen LogP contribution is -2.26. The van der Waals surface area contributed by atoms with Gasteiger partial charge < -0.3 is 15.3 Å². The highest BCUT2D eigenvalue weighted by Crippen LogP contribution is 2.45. The maximum atomic E-state index is 14.2. The minimum Gasteiger partial charge on any atom is -0.481 e. The molecule has 0 aliphatic heterocycles. The van der Waals surface area contributed by atoms with E-state index < -0.39 is 41.0 Å². The van der Waals surface area contributed by atoms with Gasteiger partial charge in [-0.25, -0.2) is 4.98 Å². The van der Waals surface area contributed by atoms with Gasteiger partial charge in [-0.15, -0.1) is 11.3 Å². The van der Waals surface area contributed by atoms with Crippen molar-refractivity contribution in [1.82, 2.24) is 10.3 Å². The molecule has 0 saturated carbocycles. The molecule has 14 heteroatoms. The van der Waals surface area contributed by atoms with Crippen LogP contribution in [0.25, 0.3) is 11.3 Å². The van der Waals surface area contributed by atoms with Gasteiger partial charge in [0.2, 0.25) is 0 Å². The highest BCUT2D eigenvalue weighted by Gasteiger charge is 2.40. The SMILES string of the molecule is Cc1ccc(-c2nc(N(Cc3ccc(C(=O)NCCC(=O)O)cc3)c3ccc(C(F)(F)F)cc3C(F)(F)F)sc2C)cc1Cl. The molecule has 0 radical (unpaired) electrons. The van der Waals surface area contributed by atoms with E-state index in [-0.39, 0.29) is 36.3 Å². The second-order valence-corrected chi connectivity index (χ2v) is 11.4. The molecule has 4 rings (SSSR count). The van der Waals surface area contributed by atoms with Crippen LogP contribution in [0.5, 0.6) is 0 Å². The number of nitrogens with zero attached hydrogens (tertiary/aromatic N) is 2. The van der Waals surface area contributed by atoms with Gasteiger partial charge in [0.15, 0.2) is 5.13 Å². The molecule has 2 N–H and O–H groups in total. The number of hydrogen-bond acceptors (Lipinski definition) is 5. The van der Waals surface area contributed by atoms with Crippen LogP contribution in [0.15, 0.2) is 60.7 Å². The van der Waals surface area contributed by atoms with Crippen LogP contribution in [-0.4, -0.2) is 28.5 Å². The average molecular weight is 656 g/mol. The van der Waals surface area contributed by atoms with E-state index in [1.54, 1.807) is 32.0 Å². The molecule has 0 saturated heterocycles. The number of thiazole rings is 1. The topological polar surface area (TPSA) is 82.5 Å². The molecule has 0 spiro atoms. The van der Waals surface area contributed by atoms with Crippen molar-refractivity contribution in [3.8, 4) is 11.3 Å². The molecule has 0 fully saturated rings. The lowest BCUT2D eigenvalue weighted by molar-refractivity contribution is -0.143. The third kappa shape index (κ3) is 7.69. The molecule has 1 heterocycles. The number of aliphatic carboxylic acids is 1. The molecule has 3 aromatic carbocycles. The van der Waals surface area contributed by atoms with Crippen LogP contribution in [0.2, 0.25) is 5.02 Å². The second-order valence-electron chi connectivity index (χ2n) is 9.78. The fourth-order valence-electron chi connectivity index (χ4n) is 4.27. The minimum atomic E-state index is -5.13. The number of halogens is 7. The number of carbonyl (C=O) groups is 2. The largest absolute Gasteiger partial charge is 0.481 e. The molecule has 232 valence electrons. The van der Waals surface area contributed by atoms with Gasteiger partial charge >= 0.3 is 18.3 Å². The number of anilines is 2. The van der Waals surface area contributed by atoms with Crippen LogP contribution in [0, 0.1) is 13.8 Å². The first kappa shape index (κ1) is 32.8. The molecule has 1 aromatic heterocycles. The van der Waals surface area contributed by atoms with Crippen molar-refractivity contribution in [2.24, 2.45) is 0 Å². The fourth-order valence-corrected chi connectivity index (χ4v) is 5.39. The number of rotatable bonds is 9. The minimum absolute atomic E-state index is 0.0774. The predicted octanol–water partition coefficient (Wildman–Crippen LogP) is 8.66. The van der Waals surface area contributed by atoms with Crippen molar-refractivity contribution in [2.75, 3.05) is 11.4 Å². The van der Waals surface area contributed by atoms with E-state index in [0.717, 1.165) is 23.0 Å². The summed E-state index contributed by atoms with van der Waals surface area (Å²) in [6.07, 6.45) is -10.4. The Labute approximate surface area is 256 Å². The van der Waals surface area contributed by atoms with E-state index in [1.165, 1.54) is 29.2 Å². The van der Waals surface area contributed by atoms with Crippen LogP contribution in [-0.2, 0) is 23.7 Å². The average Bonchev–Trinajstić information content (AvgIpc) is 3.33. The molecule has 0 unspecified atom stereocenters. The molecule has 0 bridgehead atoms. The van der Waals surface area contributed by atoms with E-state index >= 15 is 0 Å². The number of carboxylic acids is 1. The predicted molar refractivity (Wildman–Crippen MR) is 155 cm³/mol. The first-order chi connectivity index (χ1) is 20.5. The van der Waals surface area contributed by atoms with E-state index in [4.69, 9.17) is 16.7 Å². The normalized spacial score (nSPS) is 11.8. The number of nitrogens with one attached hydrogen (secondary N) is 1. The monoisotopic (exact) mass is 655 g/mol. The Kier molecular flexibility index (Phi) is 9.59. The van der Waals surface area contributed by atoms with Crippen molar-refractivity contribution in [3.63, 3.8) is 0 Å². The van der Waals surface area contributed by atoms with Crippen LogP contribution in [0.3, 0.4) is 0 Å². The van der Waals surface area contributed by atoms with Crippen molar-refractivity contribution in [3.05, 3.63) is 98.4 Å². The number of carbonyl (C=O) groups excluding carboxylic acids is 1. The van der Waals surface area contributed by atoms with Crippen LogP contribution < -0.4 is 10.2 Å². The first-order valence-corrected chi connectivity index (χ1v) is 14.1. The van der Waals surface area contributed by atoms with Crippen molar-refractivity contribution in [1.29, 1.82) is 0 Å². The number of hydrogen-bond donors (Lipinski definition) is 2. The Morgan fingerprint density at radius 2 is 1.64 bits per heavy atom. The summed E-state index contributed by atoms with van der Waals surface area (Å²) in [6.45, 7) is 3.19. The summed E-state index contributed by atoms with van der Waals surface area (Å²) in [5, 5.41) is 11.7. The van der Waals surface area contributed by atoms with Crippen molar-refractivity contribution < 1.29 is 41.0 Å². The molecule has 0 aliphatic rings. The summed E-state index contributed by atoms with van der Waals surface area (Å²) >= 11 is 7.34. The standard InChI is InChI=1S/C30H24ClF6N3O3S/c1-16-3-6-20(13-23(16)31)26-17(2)44-28(39-26)40(24-10-9-21(29(32,33)34)14-22(24)30(35,36)37)15-18-4-7-19(8-5-18)27(43)38-12-11-25(41)42/h3-10,13-14H,11-12,15H2,1-2H3,(H,38,43)(H,41,42). The lowest BCUT2D eigenvalue weighted by Gasteiger charge is -2.26. The summed E-state index contributed by atoms with van der Waals surface area (Å²) < 4.78 is 83.0. The van der Waals surface area contributed by atoms with Crippen molar-refractivity contribution in [2.45, 2.75) is 39.2 Å². The molecule has 6 nitrogen and oxygen atoms in total.